The van der Waals surface area contributed by atoms with E-state index in [1.165, 1.54) is 0 Å². The second-order valence-corrected chi connectivity index (χ2v) is 3.75. The third-order valence-electron chi connectivity index (χ3n) is 0. The standard InChI is InChI=1S/2Ca.2Ga.5O3Si/c;;;;5*1-4(2)3/q2*+2;2*+3;5*-2. The SMILES string of the molecule is O=[Si]([O-])[O-].O=[Si]([O-])[O-].O=[Si]([O-])[O-].O=[Si]([O-])[O-].O=[Si]([O-])[O-].[Ca+2].[Ca+2].[Ga+3].[Ga+3]. The first-order valence-electron chi connectivity index (χ1n) is 3.06. The van der Waals surface area contributed by atoms with Gasteiger partial charge < -0.3 is 70.3 Å². The molecule has 0 saturated carbocycles. The van der Waals surface area contributed by atoms with Crippen LogP contribution in [0.5, 0.6) is 0 Å². The summed E-state index contributed by atoms with van der Waals surface area (Å²) in [6.45, 7) is 0. The summed E-state index contributed by atoms with van der Waals surface area (Å²) >= 11 is 0. The number of hydrogen-bond donors (Lipinski definition) is 0. The molecule has 0 N–H and O–H groups in total. The molecule has 0 amide bonds. The molecule has 0 heterocycles. The van der Waals surface area contributed by atoms with Gasteiger partial charge in [0.2, 0.25) is 0 Å². The molecule has 0 bridgehead atoms. The zero-order valence-corrected chi connectivity index (χ0v) is 25.5. The van der Waals surface area contributed by atoms with Gasteiger partial charge in [0.15, 0.2) is 0 Å². The van der Waals surface area contributed by atoms with Gasteiger partial charge in [0, 0.05) is 45.9 Å². The molecular formula is Ca2Ga2O15Si5. The molecule has 0 atom stereocenters. The molecule has 0 unspecified atom stereocenters. The Balaban J connectivity index is -0.0000000161. The van der Waals surface area contributed by atoms with Gasteiger partial charge in [-0.1, -0.05) is 0 Å². The third kappa shape index (κ3) is 3550. The van der Waals surface area contributed by atoms with Crippen LogP contribution in [0.1, 0.15) is 0 Å². The molecule has 0 aliphatic heterocycles. The second-order valence-electron chi connectivity index (χ2n) is 1.25. The molecule has 0 rings (SSSR count). The Labute approximate surface area is 227 Å². The summed E-state index contributed by atoms with van der Waals surface area (Å²) in [5, 5.41) is 0. The fourth-order valence-electron chi connectivity index (χ4n) is 0. The van der Waals surface area contributed by atoms with Crippen LogP contribution < -0.4 is 48.0 Å². The van der Waals surface area contributed by atoms with E-state index < -0.39 is 45.9 Å². The molecule has 0 aromatic heterocycles. The van der Waals surface area contributed by atoms with Crippen molar-refractivity contribution in [1.82, 2.24) is 0 Å². The van der Waals surface area contributed by atoms with Crippen molar-refractivity contribution in [3.63, 3.8) is 0 Å². The van der Waals surface area contributed by atoms with Crippen LogP contribution >= 0.6 is 0 Å². The number of hydrogen-bond acceptors (Lipinski definition) is 15. The minimum absolute atomic E-state index is 0. The monoisotopic (exact) mass is 598 g/mol. The molecule has 0 aromatic carbocycles. The molecule has 0 aliphatic rings. The summed E-state index contributed by atoms with van der Waals surface area (Å²) in [6.07, 6.45) is 0. The Morgan fingerprint density at radius 3 is 0.333 bits per heavy atom. The van der Waals surface area contributed by atoms with Crippen LogP contribution in [0.25, 0.3) is 0 Å². The minimum atomic E-state index is -3.63. The van der Waals surface area contributed by atoms with Crippen molar-refractivity contribution in [2.45, 2.75) is 0 Å². The van der Waals surface area contributed by atoms with Crippen molar-refractivity contribution in [1.29, 1.82) is 0 Å². The second kappa shape index (κ2) is 49.8. The van der Waals surface area contributed by atoms with Crippen molar-refractivity contribution in [2.24, 2.45) is 0 Å². The molecule has 0 fully saturated rings. The van der Waals surface area contributed by atoms with Gasteiger partial charge in [0.25, 0.3) is 0 Å². The van der Waals surface area contributed by atoms with E-state index in [1.807, 2.05) is 0 Å². The smallest absolute Gasteiger partial charge is 0.672 e. The van der Waals surface area contributed by atoms with Crippen LogP contribution in [0.3, 0.4) is 0 Å². The van der Waals surface area contributed by atoms with Crippen LogP contribution in [0, 0.1) is 0 Å². The zero-order chi connectivity index (χ0) is 17.9. The predicted molar refractivity (Wildman–Crippen MR) is 55.2 cm³/mol. The van der Waals surface area contributed by atoms with E-state index in [0.717, 1.165) is 0 Å². The molecule has 0 spiro atoms. The van der Waals surface area contributed by atoms with Gasteiger partial charge in [-0.3, -0.25) is 0 Å². The molecular weight excluding hydrogens is 600 g/mol. The number of rotatable bonds is 0. The van der Waals surface area contributed by atoms with Crippen LogP contribution in [-0.2, 0) is 22.3 Å². The van der Waals surface area contributed by atoms with Gasteiger partial charge in [-0.15, -0.1) is 0 Å². The van der Waals surface area contributed by atoms with Crippen molar-refractivity contribution < 1.29 is 70.3 Å². The van der Waals surface area contributed by atoms with Crippen molar-refractivity contribution >= 4 is 161 Å². The summed E-state index contributed by atoms with van der Waals surface area (Å²) in [7, 11) is -18.1. The summed E-state index contributed by atoms with van der Waals surface area (Å²) in [5.74, 6) is 0. The van der Waals surface area contributed by atoms with Crippen LogP contribution in [0.2, 0.25) is 0 Å². The molecule has 0 aliphatic carbocycles. The normalized spacial score (nSPS) is 5.00. The first kappa shape index (κ1) is 56.2. The molecule has 0 aromatic rings. The maximum absolute atomic E-state index is 8.52. The van der Waals surface area contributed by atoms with Crippen LogP contribution in [-0.4, -0.2) is 161 Å². The molecule has 15 nitrogen and oxygen atoms in total. The van der Waals surface area contributed by atoms with E-state index in [9.17, 15) is 0 Å². The Bertz CT molecular complexity index is 221. The van der Waals surface area contributed by atoms with Crippen LogP contribution in [0.15, 0.2) is 0 Å². The first-order valence-corrected chi connectivity index (χ1v) is 9.19. The Hall–Kier alpha value is 1.88. The summed E-state index contributed by atoms with van der Waals surface area (Å²) in [5.41, 5.74) is 0. The molecule has 24 heavy (non-hydrogen) atoms. The van der Waals surface area contributed by atoms with Gasteiger partial charge in [-0.25, -0.2) is 0 Å². The fraction of sp³-hybridized carbons (Fsp3) is 0. The van der Waals surface area contributed by atoms with E-state index >= 15 is 0 Å². The largest absolute Gasteiger partial charge is 3.00 e. The van der Waals surface area contributed by atoms with Gasteiger partial charge in [0.1, 0.15) is 0 Å². The predicted octanol–water partition coefficient (Wildman–Crippen LogP) is -15.9. The fourth-order valence-corrected chi connectivity index (χ4v) is 0. The molecule has 120 valence electrons. The van der Waals surface area contributed by atoms with Gasteiger partial charge in [0.05, 0.1) is 0 Å². The van der Waals surface area contributed by atoms with E-state index in [-0.39, 0.29) is 115 Å². The minimum Gasteiger partial charge on any atom is -0.672 e. The van der Waals surface area contributed by atoms with E-state index in [2.05, 4.69) is 0 Å². The van der Waals surface area contributed by atoms with Gasteiger partial charge in [-0.05, 0) is 0 Å². The Kier molecular flexibility index (Phi) is 117. The van der Waals surface area contributed by atoms with Gasteiger partial charge in [-0.2, -0.15) is 0 Å². The van der Waals surface area contributed by atoms with Crippen molar-refractivity contribution in [3.8, 4) is 0 Å². The molecule has 0 saturated heterocycles. The quantitative estimate of drug-likeness (QED) is 0.233. The topological polar surface area (TPSA) is 316 Å². The van der Waals surface area contributed by atoms with E-state index in [1.54, 1.807) is 0 Å². The summed E-state index contributed by atoms with van der Waals surface area (Å²) in [4.78, 5) is 85.2. The first-order chi connectivity index (χ1) is 8.66. The van der Waals surface area contributed by atoms with Crippen molar-refractivity contribution in [3.05, 3.63) is 0 Å². The zero-order valence-electron chi connectivity index (χ0n) is 11.2. The Morgan fingerprint density at radius 2 is 0.333 bits per heavy atom. The van der Waals surface area contributed by atoms with Crippen molar-refractivity contribution in [2.75, 3.05) is 0 Å². The summed E-state index contributed by atoms with van der Waals surface area (Å²) < 4.78 is 42.6. The molecule has 0 radical (unpaired) electrons. The summed E-state index contributed by atoms with van der Waals surface area (Å²) in [6, 6.07) is 0. The average Bonchev–Trinajstić information content (AvgIpc) is 1.94. The Morgan fingerprint density at radius 1 is 0.333 bits per heavy atom. The molecule has 24 heteroatoms. The maximum atomic E-state index is 8.52. The van der Waals surface area contributed by atoms with Gasteiger partial charge >= 0.3 is 115 Å². The average molecular weight is 600 g/mol. The van der Waals surface area contributed by atoms with E-state index in [4.69, 9.17) is 70.3 Å². The maximum Gasteiger partial charge on any atom is 3.00 e. The third-order valence-corrected chi connectivity index (χ3v) is 0. The van der Waals surface area contributed by atoms with E-state index in [0.29, 0.717) is 0 Å². The van der Waals surface area contributed by atoms with Crippen LogP contribution in [0.4, 0.5) is 0 Å².